The third kappa shape index (κ3) is 1.77. The number of rotatable bonds is 1. The van der Waals surface area contributed by atoms with Crippen molar-refractivity contribution < 1.29 is 0 Å². The van der Waals surface area contributed by atoms with Crippen LogP contribution in [-0.2, 0) is 6.42 Å². The highest BCUT2D eigenvalue weighted by Crippen LogP contribution is 2.37. The second-order valence-electron chi connectivity index (χ2n) is 5.47. The first-order valence-corrected chi connectivity index (χ1v) is 7.07. The van der Waals surface area contributed by atoms with E-state index in [1.54, 1.807) is 0 Å². The van der Waals surface area contributed by atoms with Gasteiger partial charge in [0.25, 0.3) is 0 Å². The van der Waals surface area contributed by atoms with Crippen molar-refractivity contribution >= 4 is 10.9 Å². The summed E-state index contributed by atoms with van der Waals surface area (Å²) >= 11 is 0. The predicted molar refractivity (Wildman–Crippen MR) is 79.5 cm³/mol. The Hall–Kier alpha value is -2.02. The molecule has 19 heavy (non-hydrogen) atoms. The Balaban J connectivity index is 1.84. The van der Waals surface area contributed by atoms with E-state index in [1.165, 1.54) is 46.9 Å². The fraction of sp³-hybridized carbons (Fsp3) is 0.222. The van der Waals surface area contributed by atoms with Gasteiger partial charge < -0.3 is 4.98 Å². The lowest BCUT2D eigenvalue weighted by molar-refractivity contribution is 0.616. The maximum atomic E-state index is 3.27. The molecule has 94 valence electrons. The van der Waals surface area contributed by atoms with Crippen LogP contribution in [-0.4, -0.2) is 4.98 Å². The number of nitrogens with one attached hydrogen (secondary N) is 1. The van der Waals surface area contributed by atoms with Gasteiger partial charge >= 0.3 is 0 Å². The number of fused-ring (bicyclic) bond motifs is 2. The van der Waals surface area contributed by atoms with Gasteiger partial charge in [-0.05, 0) is 59.5 Å². The highest BCUT2D eigenvalue weighted by atomic mass is 14.7. The molecule has 0 bridgehead atoms. The Morgan fingerprint density at radius 1 is 1.00 bits per heavy atom. The van der Waals surface area contributed by atoms with E-state index in [1.807, 2.05) is 6.20 Å². The first-order chi connectivity index (χ1) is 9.42. The van der Waals surface area contributed by atoms with Crippen molar-refractivity contribution in [2.24, 2.45) is 0 Å². The van der Waals surface area contributed by atoms with Gasteiger partial charge in [0, 0.05) is 17.6 Å². The number of H-pyrrole nitrogens is 1. The zero-order chi connectivity index (χ0) is 12.7. The molecule has 1 heteroatoms. The van der Waals surface area contributed by atoms with Crippen LogP contribution in [0.15, 0.2) is 54.7 Å². The minimum Gasteiger partial charge on any atom is -0.361 e. The van der Waals surface area contributed by atoms with Gasteiger partial charge in [-0.2, -0.15) is 0 Å². The summed E-state index contributed by atoms with van der Waals surface area (Å²) in [5.41, 5.74) is 5.75. The molecule has 2 aromatic carbocycles. The van der Waals surface area contributed by atoms with Gasteiger partial charge in [0.15, 0.2) is 0 Å². The average molecular weight is 247 g/mol. The van der Waals surface area contributed by atoms with Gasteiger partial charge in [-0.15, -0.1) is 0 Å². The standard InChI is InChI=1S/C18H17N/c1-2-6-16-13(4-1)5-3-7-17(16)14-8-9-18-15(12-14)10-11-19-18/h1-2,4,6,8-12,17,19H,3,5,7H2. The van der Waals surface area contributed by atoms with Gasteiger partial charge in [0.2, 0.25) is 0 Å². The van der Waals surface area contributed by atoms with Crippen LogP contribution in [0.3, 0.4) is 0 Å². The second kappa shape index (κ2) is 4.27. The number of aryl methyl sites for hydroxylation is 1. The van der Waals surface area contributed by atoms with Crippen molar-refractivity contribution in [3.8, 4) is 0 Å². The van der Waals surface area contributed by atoms with E-state index in [0.717, 1.165) is 0 Å². The van der Waals surface area contributed by atoms with Crippen LogP contribution in [0.4, 0.5) is 0 Å². The van der Waals surface area contributed by atoms with Crippen molar-refractivity contribution in [3.63, 3.8) is 0 Å². The lowest BCUT2D eigenvalue weighted by atomic mass is 9.79. The molecule has 1 unspecified atom stereocenters. The molecule has 1 aliphatic rings. The van der Waals surface area contributed by atoms with Crippen LogP contribution in [0.2, 0.25) is 0 Å². The molecule has 0 aliphatic heterocycles. The zero-order valence-corrected chi connectivity index (χ0v) is 10.9. The van der Waals surface area contributed by atoms with Crippen molar-refractivity contribution in [2.75, 3.05) is 0 Å². The fourth-order valence-electron chi connectivity index (χ4n) is 3.39. The molecule has 0 amide bonds. The van der Waals surface area contributed by atoms with E-state index in [-0.39, 0.29) is 0 Å². The SMILES string of the molecule is c1ccc2c(c1)CCCC2c1ccc2[nH]ccc2c1. The minimum absolute atomic E-state index is 0.573. The number of hydrogen-bond donors (Lipinski definition) is 1. The Morgan fingerprint density at radius 2 is 1.95 bits per heavy atom. The molecule has 1 heterocycles. The largest absolute Gasteiger partial charge is 0.361 e. The van der Waals surface area contributed by atoms with Crippen molar-refractivity contribution in [1.82, 2.24) is 4.98 Å². The lowest BCUT2D eigenvalue weighted by Crippen LogP contribution is -2.10. The van der Waals surface area contributed by atoms with E-state index in [2.05, 4.69) is 53.5 Å². The molecule has 4 rings (SSSR count). The van der Waals surface area contributed by atoms with Crippen LogP contribution < -0.4 is 0 Å². The predicted octanol–water partition coefficient (Wildman–Crippen LogP) is 4.64. The number of aromatic amines is 1. The summed E-state index contributed by atoms with van der Waals surface area (Å²) in [6.07, 6.45) is 5.82. The molecule has 0 saturated carbocycles. The van der Waals surface area contributed by atoms with Crippen LogP contribution in [0.1, 0.15) is 35.4 Å². The van der Waals surface area contributed by atoms with Gasteiger partial charge in [-0.25, -0.2) is 0 Å². The van der Waals surface area contributed by atoms with Crippen molar-refractivity contribution in [2.45, 2.75) is 25.2 Å². The molecule has 1 nitrogen and oxygen atoms in total. The van der Waals surface area contributed by atoms with Crippen LogP contribution in [0.25, 0.3) is 10.9 Å². The third-order valence-corrected chi connectivity index (χ3v) is 4.35. The molecule has 0 spiro atoms. The zero-order valence-electron chi connectivity index (χ0n) is 10.9. The molecular formula is C18H17N. The van der Waals surface area contributed by atoms with E-state index in [4.69, 9.17) is 0 Å². The molecule has 1 aromatic heterocycles. The molecule has 1 atom stereocenters. The van der Waals surface area contributed by atoms with Crippen molar-refractivity contribution in [3.05, 3.63) is 71.4 Å². The third-order valence-electron chi connectivity index (χ3n) is 4.35. The summed E-state index contributed by atoms with van der Waals surface area (Å²) < 4.78 is 0. The van der Waals surface area contributed by atoms with Gasteiger partial charge in [0.05, 0.1) is 0 Å². The van der Waals surface area contributed by atoms with Crippen LogP contribution in [0, 0.1) is 0 Å². The highest BCUT2D eigenvalue weighted by molar-refractivity contribution is 5.80. The summed E-state index contributed by atoms with van der Waals surface area (Å²) in [7, 11) is 0. The summed E-state index contributed by atoms with van der Waals surface area (Å²) in [5, 5.41) is 1.32. The number of benzene rings is 2. The molecule has 1 N–H and O–H groups in total. The summed E-state index contributed by atoms with van der Waals surface area (Å²) in [5.74, 6) is 0.573. The van der Waals surface area contributed by atoms with E-state index in [9.17, 15) is 0 Å². The molecule has 3 aromatic rings. The monoisotopic (exact) mass is 247 g/mol. The van der Waals surface area contributed by atoms with Crippen LogP contribution >= 0.6 is 0 Å². The summed E-state index contributed by atoms with van der Waals surface area (Å²) in [6.45, 7) is 0. The molecule has 0 radical (unpaired) electrons. The topological polar surface area (TPSA) is 15.8 Å². The fourth-order valence-corrected chi connectivity index (χ4v) is 3.39. The van der Waals surface area contributed by atoms with E-state index in [0.29, 0.717) is 5.92 Å². The first-order valence-electron chi connectivity index (χ1n) is 7.07. The molecule has 0 fully saturated rings. The Kier molecular flexibility index (Phi) is 2.44. The highest BCUT2D eigenvalue weighted by Gasteiger charge is 2.21. The van der Waals surface area contributed by atoms with Gasteiger partial charge in [-0.1, -0.05) is 30.3 Å². The van der Waals surface area contributed by atoms with Crippen molar-refractivity contribution in [1.29, 1.82) is 0 Å². The first kappa shape index (κ1) is 10.9. The summed E-state index contributed by atoms with van der Waals surface area (Å²) in [4.78, 5) is 3.27. The Labute approximate surface area is 113 Å². The Bertz CT molecular complexity index is 723. The molecule has 1 aliphatic carbocycles. The second-order valence-corrected chi connectivity index (χ2v) is 5.47. The normalized spacial score (nSPS) is 18.4. The number of hydrogen-bond acceptors (Lipinski definition) is 0. The van der Waals surface area contributed by atoms with Crippen LogP contribution in [0.5, 0.6) is 0 Å². The maximum Gasteiger partial charge on any atom is 0.0454 e. The maximum absolute atomic E-state index is 3.27. The molecular weight excluding hydrogens is 230 g/mol. The summed E-state index contributed by atoms with van der Waals surface area (Å²) in [6, 6.07) is 17.9. The van der Waals surface area contributed by atoms with E-state index >= 15 is 0 Å². The lowest BCUT2D eigenvalue weighted by Gasteiger charge is -2.26. The minimum atomic E-state index is 0.573. The number of aromatic nitrogens is 1. The smallest absolute Gasteiger partial charge is 0.0454 e. The van der Waals surface area contributed by atoms with E-state index < -0.39 is 0 Å². The van der Waals surface area contributed by atoms with Gasteiger partial charge in [0.1, 0.15) is 0 Å². The Morgan fingerprint density at radius 3 is 2.95 bits per heavy atom. The average Bonchev–Trinajstić information content (AvgIpc) is 2.94. The molecule has 0 saturated heterocycles. The quantitative estimate of drug-likeness (QED) is 0.645. The van der Waals surface area contributed by atoms with Gasteiger partial charge in [-0.3, -0.25) is 0 Å².